The minimum atomic E-state index is -2.09. The molecule has 1 unspecified atom stereocenters. The number of nitrogens with one attached hydrogen (secondary N) is 2. The van der Waals surface area contributed by atoms with Gasteiger partial charge < -0.3 is 25.6 Å². The molecule has 2 aromatic rings. The van der Waals surface area contributed by atoms with Gasteiger partial charge in [-0.05, 0) is 42.0 Å². The van der Waals surface area contributed by atoms with E-state index in [1.54, 1.807) is 0 Å². The van der Waals surface area contributed by atoms with Crippen LogP contribution in [0.5, 0.6) is 0 Å². The van der Waals surface area contributed by atoms with Gasteiger partial charge >= 0.3 is 12.1 Å². The monoisotopic (exact) mass is 424 g/mol. The fourth-order valence-electron chi connectivity index (χ4n) is 3.86. The molecular formula is C23H24N2O6. The third-order valence-corrected chi connectivity index (χ3v) is 5.92. The summed E-state index contributed by atoms with van der Waals surface area (Å²) in [5, 5.41) is 23.7. The lowest BCUT2D eigenvalue weighted by molar-refractivity contribution is -0.156. The van der Waals surface area contributed by atoms with Crippen LogP contribution < -0.4 is 10.6 Å². The largest absolute Gasteiger partial charge is 0.479 e. The first-order chi connectivity index (χ1) is 14.7. The molecule has 8 nitrogen and oxygen atoms in total. The highest BCUT2D eigenvalue weighted by Gasteiger charge is 2.52. The van der Waals surface area contributed by atoms with E-state index in [-0.39, 0.29) is 12.5 Å². The number of carboxylic acids is 1. The Morgan fingerprint density at radius 3 is 2.13 bits per heavy atom. The van der Waals surface area contributed by atoms with Crippen LogP contribution in [0.3, 0.4) is 0 Å². The van der Waals surface area contributed by atoms with Crippen LogP contribution in [0.4, 0.5) is 4.79 Å². The van der Waals surface area contributed by atoms with Gasteiger partial charge in [0.15, 0.2) is 5.60 Å². The quantitative estimate of drug-likeness (QED) is 0.539. The zero-order valence-electron chi connectivity index (χ0n) is 17.1. The van der Waals surface area contributed by atoms with Crippen LogP contribution in [0.25, 0.3) is 11.1 Å². The summed E-state index contributed by atoms with van der Waals surface area (Å²) in [6.07, 6.45) is 0.121. The lowest BCUT2D eigenvalue weighted by atomic mass is 9.98. The number of amides is 2. The molecule has 2 aromatic carbocycles. The molecular weight excluding hydrogens is 400 g/mol. The first-order valence-corrected chi connectivity index (χ1v) is 10.1. The van der Waals surface area contributed by atoms with Gasteiger partial charge in [0.05, 0.1) is 6.54 Å². The Morgan fingerprint density at radius 1 is 1.06 bits per heavy atom. The standard InChI is InChI=1S/C23H24N2O6/c1-22(30,20(27)28)13-24-19(26)23(10-11-23)25-21(29)31-12-18-16-8-4-2-6-14(16)15-7-3-5-9-17(15)18/h2-9,18,30H,10-13H2,1H3,(H,24,26)(H,25,29)(H,27,28). The number of hydrogen-bond acceptors (Lipinski definition) is 5. The van der Waals surface area contributed by atoms with Gasteiger partial charge in [0.2, 0.25) is 5.91 Å². The van der Waals surface area contributed by atoms with Gasteiger partial charge in [-0.25, -0.2) is 9.59 Å². The number of carbonyl (C=O) groups excluding carboxylic acids is 2. The van der Waals surface area contributed by atoms with Crippen LogP contribution in [0.1, 0.15) is 36.8 Å². The van der Waals surface area contributed by atoms with Gasteiger partial charge in [-0.2, -0.15) is 0 Å². The Bertz CT molecular complexity index is 998. The van der Waals surface area contributed by atoms with Crippen molar-refractivity contribution in [2.24, 2.45) is 0 Å². The fraction of sp³-hybridized carbons (Fsp3) is 0.348. The maximum absolute atomic E-state index is 12.4. The minimum Gasteiger partial charge on any atom is -0.479 e. The zero-order valence-corrected chi connectivity index (χ0v) is 17.1. The van der Waals surface area contributed by atoms with E-state index in [4.69, 9.17) is 9.84 Å². The second kappa shape index (κ2) is 7.70. The Balaban J connectivity index is 1.37. The normalized spacial score (nSPS) is 17.6. The lowest BCUT2D eigenvalue weighted by Gasteiger charge is -2.22. The number of benzene rings is 2. The summed E-state index contributed by atoms with van der Waals surface area (Å²) in [6, 6.07) is 16.0. The summed E-state index contributed by atoms with van der Waals surface area (Å²) >= 11 is 0. The smallest absolute Gasteiger partial charge is 0.408 e. The maximum Gasteiger partial charge on any atom is 0.408 e. The van der Waals surface area contributed by atoms with E-state index >= 15 is 0 Å². The molecule has 0 aromatic heterocycles. The van der Waals surface area contributed by atoms with Crippen LogP contribution in [-0.2, 0) is 14.3 Å². The molecule has 0 heterocycles. The van der Waals surface area contributed by atoms with E-state index in [0.29, 0.717) is 12.8 Å². The Labute approximate surface area is 179 Å². The van der Waals surface area contributed by atoms with E-state index in [0.717, 1.165) is 29.2 Å². The molecule has 1 fully saturated rings. The van der Waals surface area contributed by atoms with Gasteiger partial charge in [-0.3, -0.25) is 4.79 Å². The Kier molecular flexibility index (Phi) is 5.18. The summed E-state index contributed by atoms with van der Waals surface area (Å²) < 4.78 is 5.48. The van der Waals surface area contributed by atoms with Gasteiger partial charge in [-0.1, -0.05) is 48.5 Å². The number of ether oxygens (including phenoxy) is 1. The van der Waals surface area contributed by atoms with Crippen LogP contribution in [0, 0.1) is 0 Å². The first-order valence-electron chi connectivity index (χ1n) is 10.1. The first kappa shape index (κ1) is 20.9. The third kappa shape index (κ3) is 3.98. The summed E-state index contributed by atoms with van der Waals surface area (Å²) in [4.78, 5) is 35.8. The Morgan fingerprint density at radius 2 is 1.61 bits per heavy atom. The van der Waals surface area contributed by atoms with Crippen LogP contribution in [-0.4, -0.2) is 52.5 Å². The number of fused-ring (bicyclic) bond motifs is 3. The van der Waals surface area contributed by atoms with Crippen molar-refractivity contribution >= 4 is 18.0 Å². The molecule has 4 N–H and O–H groups in total. The molecule has 0 aliphatic heterocycles. The second-order valence-corrected chi connectivity index (χ2v) is 8.29. The van der Waals surface area contributed by atoms with Gasteiger partial charge in [0.25, 0.3) is 0 Å². The highest BCUT2D eigenvalue weighted by Crippen LogP contribution is 2.44. The van der Waals surface area contributed by atoms with E-state index in [2.05, 4.69) is 10.6 Å². The number of alkyl carbamates (subject to hydrolysis) is 1. The SMILES string of the molecule is CC(O)(CNC(=O)C1(NC(=O)OCC2c3ccccc3-c3ccccc32)CC1)C(=O)O. The number of rotatable bonds is 7. The van der Waals surface area contributed by atoms with E-state index in [1.807, 2.05) is 48.5 Å². The molecule has 0 radical (unpaired) electrons. The van der Waals surface area contributed by atoms with Crippen LogP contribution >= 0.6 is 0 Å². The highest BCUT2D eigenvalue weighted by atomic mass is 16.5. The fourth-order valence-corrected chi connectivity index (χ4v) is 3.86. The van der Waals surface area contributed by atoms with E-state index in [9.17, 15) is 19.5 Å². The molecule has 0 saturated heterocycles. The molecule has 0 spiro atoms. The van der Waals surface area contributed by atoms with Gasteiger partial charge in [0, 0.05) is 5.92 Å². The molecule has 1 saturated carbocycles. The van der Waals surface area contributed by atoms with Gasteiger partial charge in [0.1, 0.15) is 12.1 Å². The van der Waals surface area contributed by atoms with Crippen molar-refractivity contribution in [3.63, 3.8) is 0 Å². The predicted molar refractivity (Wildman–Crippen MR) is 111 cm³/mol. The molecule has 2 aliphatic carbocycles. The topological polar surface area (TPSA) is 125 Å². The van der Waals surface area contributed by atoms with Gasteiger partial charge in [-0.15, -0.1) is 0 Å². The van der Waals surface area contributed by atoms with Crippen LogP contribution in [0.2, 0.25) is 0 Å². The molecule has 2 amide bonds. The predicted octanol–water partition coefficient (Wildman–Crippen LogP) is 2.01. The van der Waals surface area contributed by atoms with Crippen molar-refractivity contribution in [3.05, 3.63) is 59.7 Å². The van der Waals surface area contributed by atoms with Crippen molar-refractivity contribution in [2.75, 3.05) is 13.2 Å². The number of aliphatic carboxylic acids is 1. The van der Waals surface area contributed by atoms with E-state index < -0.39 is 35.7 Å². The summed E-state index contributed by atoms with van der Waals surface area (Å²) in [5.74, 6) is -2.07. The molecule has 2 aliphatic rings. The molecule has 31 heavy (non-hydrogen) atoms. The number of carbonyl (C=O) groups is 3. The van der Waals surface area contributed by atoms with Crippen molar-refractivity contribution in [1.82, 2.24) is 10.6 Å². The Hall–Kier alpha value is -3.39. The van der Waals surface area contributed by atoms with Crippen molar-refractivity contribution < 1.29 is 29.3 Å². The summed E-state index contributed by atoms with van der Waals surface area (Å²) in [5.41, 5.74) is 1.20. The van der Waals surface area contributed by atoms with E-state index in [1.165, 1.54) is 0 Å². The number of carboxylic acid groups (broad SMARTS) is 1. The number of aliphatic hydroxyl groups is 1. The molecule has 8 heteroatoms. The molecule has 162 valence electrons. The lowest BCUT2D eigenvalue weighted by Crippen LogP contribution is -2.54. The molecule has 0 bridgehead atoms. The maximum atomic E-state index is 12.4. The van der Waals surface area contributed by atoms with Crippen LogP contribution in [0.15, 0.2) is 48.5 Å². The average molecular weight is 424 g/mol. The van der Waals surface area contributed by atoms with Crippen molar-refractivity contribution in [3.8, 4) is 11.1 Å². The van der Waals surface area contributed by atoms with Crippen molar-refractivity contribution in [2.45, 2.75) is 36.8 Å². The highest BCUT2D eigenvalue weighted by molar-refractivity contribution is 5.93. The minimum absolute atomic E-state index is 0.0900. The number of hydrogen-bond donors (Lipinski definition) is 4. The average Bonchev–Trinajstić information content (AvgIpc) is 3.46. The molecule has 4 rings (SSSR count). The second-order valence-electron chi connectivity index (χ2n) is 8.29. The zero-order chi connectivity index (χ0) is 22.2. The molecule has 1 atom stereocenters. The summed E-state index contributed by atoms with van der Waals surface area (Å²) in [7, 11) is 0. The van der Waals surface area contributed by atoms with Crippen molar-refractivity contribution in [1.29, 1.82) is 0 Å². The summed E-state index contributed by atoms with van der Waals surface area (Å²) in [6.45, 7) is 0.759. The third-order valence-electron chi connectivity index (χ3n) is 5.92.